The van der Waals surface area contributed by atoms with Crippen LogP contribution in [0.25, 0.3) is 0 Å². The maximum absolute atomic E-state index is 10.7. The molecule has 1 rings (SSSR count). The summed E-state index contributed by atoms with van der Waals surface area (Å²) in [5.41, 5.74) is -0.845. The van der Waals surface area contributed by atoms with Crippen LogP contribution in [0.2, 0.25) is 0 Å². The minimum Gasteiger partial charge on any atom is -0.478 e. The molecular weight excluding hydrogens is 218 g/mol. The Hall–Kier alpha value is -2.28. The van der Waals surface area contributed by atoms with Crippen molar-refractivity contribution in [1.82, 2.24) is 0 Å². The molecule has 0 aliphatic heterocycles. The van der Waals surface area contributed by atoms with Crippen molar-refractivity contribution in [3.8, 4) is 0 Å². The first kappa shape index (κ1) is 11.8. The molecule has 0 heterocycles. The molecule has 0 aromatic heterocycles. The Bertz CT molecular complexity index is 423. The summed E-state index contributed by atoms with van der Waals surface area (Å²) in [7, 11) is 0. The monoisotopic (exact) mass is 225 g/mol. The van der Waals surface area contributed by atoms with Gasteiger partial charge in [-0.25, -0.2) is 9.59 Å². The fourth-order valence-electron chi connectivity index (χ4n) is 1.11. The standard InChI is InChI=1S/C9H7NO6/c11-7(10-16)4-1-5(8(12)13)3-6(2-4)9(14)15/h1-3,7,11H,(H,12,13)(H,14,15). The van der Waals surface area contributed by atoms with E-state index in [1.807, 2.05) is 0 Å². The molecular formula is C9H7NO6. The van der Waals surface area contributed by atoms with Gasteiger partial charge in [0.1, 0.15) is 0 Å². The van der Waals surface area contributed by atoms with Crippen LogP contribution in [0.15, 0.2) is 23.4 Å². The molecule has 0 aliphatic rings. The number of aliphatic hydroxyl groups is 1. The van der Waals surface area contributed by atoms with E-state index >= 15 is 0 Å². The van der Waals surface area contributed by atoms with Crippen molar-refractivity contribution < 1.29 is 24.9 Å². The van der Waals surface area contributed by atoms with E-state index in [2.05, 4.69) is 5.18 Å². The van der Waals surface area contributed by atoms with Gasteiger partial charge in [0.15, 0.2) is 0 Å². The average Bonchev–Trinajstić information content (AvgIpc) is 2.27. The molecule has 0 aliphatic carbocycles. The van der Waals surface area contributed by atoms with Crippen molar-refractivity contribution in [3.63, 3.8) is 0 Å². The lowest BCUT2D eigenvalue weighted by Crippen LogP contribution is -2.05. The number of carboxylic acid groups (broad SMARTS) is 2. The lowest BCUT2D eigenvalue weighted by atomic mass is 10.0. The van der Waals surface area contributed by atoms with E-state index in [9.17, 15) is 14.5 Å². The lowest BCUT2D eigenvalue weighted by Gasteiger charge is -2.05. The third-order valence-corrected chi connectivity index (χ3v) is 1.85. The summed E-state index contributed by atoms with van der Waals surface area (Å²) in [5, 5.41) is 28.7. The molecule has 1 aromatic rings. The van der Waals surface area contributed by atoms with E-state index in [-0.39, 0.29) is 16.7 Å². The zero-order valence-corrected chi connectivity index (χ0v) is 7.82. The van der Waals surface area contributed by atoms with Crippen LogP contribution in [0.3, 0.4) is 0 Å². The Kier molecular flexibility index (Phi) is 3.31. The van der Waals surface area contributed by atoms with E-state index < -0.39 is 18.2 Å². The number of nitrogens with zero attached hydrogens (tertiary/aromatic N) is 1. The van der Waals surface area contributed by atoms with Gasteiger partial charge in [-0.05, 0) is 23.4 Å². The number of nitroso groups, excluding NO2 is 1. The minimum atomic E-state index is -1.78. The van der Waals surface area contributed by atoms with Gasteiger partial charge >= 0.3 is 11.9 Å². The summed E-state index contributed by atoms with van der Waals surface area (Å²) in [5.74, 6) is -2.72. The molecule has 7 heteroatoms. The van der Waals surface area contributed by atoms with Crippen molar-refractivity contribution >= 4 is 11.9 Å². The second-order valence-electron chi connectivity index (χ2n) is 2.93. The molecule has 0 fully saturated rings. The quantitative estimate of drug-likeness (QED) is 0.652. The van der Waals surface area contributed by atoms with Crippen LogP contribution >= 0.6 is 0 Å². The van der Waals surface area contributed by atoms with E-state index in [4.69, 9.17) is 15.3 Å². The third-order valence-electron chi connectivity index (χ3n) is 1.85. The lowest BCUT2D eigenvalue weighted by molar-refractivity contribution is 0.0696. The molecule has 0 spiro atoms. The van der Waals surface area contributed by atoms with Gasteiger partial charge in [-0.1, -0.05) is 0 Å². The van der Waals surface area contributed by atoms with Crippen LogP contribution in [-0.4, -0.2) is 27.3 Å². The average molecular weight is 225 g/mol. The van der Waals surface area contributed by atoms with Crippen LogP contribution in [0.5, 0.6) is 0 Å². The molecule has 1 unspecified atom stereocenters. The topological polar surface area (TPSA) is 124 Å². The van der Waals surface area contributed by atoms with Gasteiger partial charge in [-0.3, -0.25) is 0 Å². The van der Waals surface area contributed by atoms with Gasteiger partial charge in [0, 0.05) is 5.56 Å². The fraction of sp³-hybridized carbons (Fsp3) is 0.111. The van der Waals surface area contributed by atoms with E-state index in [0.717, 1.165) is 18.2 Å². The van der Waals surface area contributed by atoms with Crippen molar-refractivity contribution in [2.75, 3.05) is 0 Å². The summed E-state index contributed by atoms with van der Waals surface area (Å²) in [6.45, 7) is 0. The molecule has 0 bridgehead atoms. The SMILES string of the molecule is O=NC(O)c1cc(C(=O)O)cc(C(=O)O)c1. The highest BCUT2D eigenvalue weighted by molar-refractivity contribution is 5.94. The van der Waals surface area contributed by atoms with Gasteiger partial charge in [-0.2, -0.15) is 0 Å². The normalized spacial score (nSPS) is 11.8. The Morgan fingerprint density at radius 3 is 1.81 bits per heavy atom. The number of carbonyl (C=O) groups is 2. The molecule has 0 saturated carbocycles. The number of hydrogen-bond acceptors (Lipinski definition) is 5. The number of carboxylic acids is 2. The molecule has 1 aromatic carbocycles. The van der Waals surface area contributed by atoms with Crippen LogP contribution in [0.1, 0.15) is 32.5 Å². The number of aliphatic hydroxyl groups excluding tert-OH is 1. The van der Waals surface area contributed by atoms with Crippen molar-refractivity contribution in [2.24, 2.45) is 5.18 Å². The Labute approximate surface area is 88.9 Å². The molecule has 7 nitrogen and oxygen atoms in total. The van der Waals surface area contributed by atoms with E-state index in [0.29, 0.717) is 0 Å². The first-order valence-electron chi connectivity index (χ1n) is 4.08. The van der Waals surface area contributed by atoms with Crippen molar-refractivity contribution in [3.05, 3.63) is 39.8 Å². The summed E-state index contributed by atoms with van der Waals surface area (Å²) >= 11 is 0. The number of hydrogen-bond donors (Lipinski definition) is 3. The smallest absolute Gasteiger partial charge is 0.335 e. The van der Waals surface area contributed by atoms with Gasteiger partial charge in [0.05, 0.1) is 11.1 Å². The Balaban J connectivity index is 3.34. The Morgan fingerprint density at radius 1 is 1.06 bits per heavy atom. The van der Waals surface area contributed by atoms with Gasteiger partial charge in [0.25, 0.3) is 0 Å². The van der Waals surface area contributed by atoms with Gasteiger partial charge < -0.3 is 15.3 Å². The number of benzene rings is 1. The van der Waals surface area contributed by atoms with Gasteiger partial charge in [0.2, 0.25) is 6.23 Å². The summed E-state index contributed by atoms with van der Waals surface area (Å²) in [6.07, 6.45) is -1.78. The van der Waals surface area contributed by atoms with Crippen LogP contribution in [0.4, 0.5) is 0 Å². The van der Waals surface area contributed by atoms with Crippen LogP contribution in [-0.2, 0) is 0 Å². The summed E-state index contributed by atoms with van der Waals surface area (Å²) in [6, 6.07) is 2.90. The maximum atomic E-state index is 10.7. The predicted molar refractivity (Wildman–Crippen MR) is 51.1 cm³/mol. The Morgan fingerprint density at radius 2 is 1.50 bits per heavy atom. The second kappa shape index (κ2) is 4.49. The van der Waals surface area contributed by atoms with E-state index in [1.54, 1.807) is 0 Å². The summed E-state index contributed by atoms with van der Waals surface area (Å²) in [4.78, 5) is 31.4. The van der Waals surface area contributed by atoms with Crippen molar-refractivity contribution in [1.29, 1.82) is 0 Å². The first-order valence-corrected chi connectivity index (χ1v) is 4.08. The maximum Gasteiger partial charge on any atom is 0.335 e. The molecule has 0 amide bonds. The molecule has 1 atom stereocenters. The first-order chi connectivity index (χ1) is 7.45. The van der Waals surface area contributed by atoms with Crippen molar-refractivity contribution in [2.45, 2.75) is 6.23 Å². The molecule has 16 heavy (non-hydrogen) atoms. The summed E-state index contributed by atoms with van der Waals surface area (Å²) < 4.78 is 0. The molecule has 3 N–H and O–H groups in total. The highest BCUT2D eigenvalue weighted by atomic mass is 16.4. The minimum absolute atomic E-state index is 0.174. The van der Waals surface area contributed by atoms with Crippen LogP contribution in [0, 0.1) is 4.91 Å². The predicted octanol–water partition coefficient (Wildman–Crippen LogP) is 0.840. The second-order valence-corrected chi connectivity index (χ2v) is 2.93. The highest BCUT2D eigenvalue weighted by Gasteiger charge is 2.15. The largest absolute Gasteiger partial charge is 0.478 e. The zero-order valence-electron chi connectivity index (χ0n) is 7.82. The van der Waals surface area contributed by atoms with Crippen LogP contribution < -0.4 is 0 Å². The molecule has 0 saturated heterocycles. The number of aromatic carboxylic acids is 2. The molecule has 84 valence electrons. The zero-order chi connectivity index (χ0) is 12.3. The number of rotatable bonds is 4. The third kappa shape index (κ3) is 2.39. The van der Waals surface area contributed by atoms with Gasteiger partial charge in [-0.15, -0.1) is 4.91 Å². The molecule has 0 radical (unpaired) electrons. The fourth-order valence-corrected chi connectivity index (χ4v) is 1.11. The van der Waals surface area contributed by atoms with E-state index in [1.165, 1.54) is 0 Å². The highest BCUT2D eigenvalue weighted by Crippen LogP contribution is 2.18.